The molecule has 1 saturated carbocycles. The van der Waals surface area contributed by atoms with Gasteiger partial charge in [-0.1, -0.05) is 0 Å². The summed E-state index contributed by atoms with van der Waals surface area (Å²) < 4.78 is 10.6. The zero-order chi connectivity index (χ0) is 20.9. The van der Waals surface area contributed by atoms with Crippen molar-refractivity contribution in [3.8, 4) is 0 Å². The van der Waals surface area contributed by atoms with Crippen molar-refractivity contribution in [2.75, 3.05) is 10.6 Å². The van der Waals surface area contributed by atoms with E-state index in [1.807, 2.05) is 32.0 Å². The largest absolute Gasteiger partial charge is 0.446 e. The molecule has 3 aromatic rings. The molecule has 0 aliphatic heterocycles. The first-order valence-electron chi connectivity index (χ1n) is 9.97. The monoisotopic (exact) mass is 411 g/mol. The Labute approximate surface area is 173 Å². The molecule has 1 aliphatic rings. The van der Waals surface area contributed by atoms with Gasteiger partial charge in [0.15, 0.2) is 5.82 Å². The third-order valence-corrected chi connectivity index (χ3v) is 4.81. The fraction of sp³-hybridized carbons (Fsp3) is 0.400. The molecule has 10 nitrogen and oxygen atoms in total. The molecule has 2 unspecified atom stereocenters. The Balaban J connectivity index is 1.29. The van der Waals surface area contributed by atoms with Crippen LogP contribution in [0.1, 0.15) is 44.7 Å². The summed E-state index contributed by atoms with van der Waals surface area (Å²) in [4.78, 5) is 20.2. The van der Waals surface area contributed by atoms with Gasteiger partial charge in [0.1, 0.15) is 18.2 Å². The Kier molecular flexibility index (Phi) is 5.82. The van der Waals surface area contributed by atoms with Crippen LogP contribution >= 0.6 is 0 Å². The number of anilines is 4. The highest BCUT2D eigenvalue weighted by Gasteiger charge is 2.30. The van der Waals surface area contributed by atoms with Gasteiger partial charge in [0.05, 0.1) is 18.1 Å². The standard InChI is InChI=1S/C20H25N7O3/c1-12(2)23-20(28)30-15-5-3-13(9-15)16-10-18(27-26-16)25-17-6-4-14(11-22-17)24-19-21-7-8-29-19/h4,6-8,10-13,15H,3,5,9H2,1-2H3,(H,21,24)(H,23,28)(H2,22,25,26,27). The van der Waals surface area contributed by atoms with Crippen molar-refractivity contribution >= 4 is 29.4 Å². The van der Waals surface area contributed by atoms with Crippen LogP contribution in [-0.4, -0.2) is 38.4 Å². The quantitative estimate of drug-likeness (QED) is 0.458. The summed E-state index contributed by atoms with van der Waals surface area (Å²) >= 11 is 0. The number of ether oxygens (including phenoxy) is 1. The summed E-state index contributed by atoms with van der Waals surface area (Å²) in [5.41, 5.74) is 1.79. The van der Waals surface area contributed by atoms with E-state index in [0.29, 0.717) is 17.7 Å². The van der Waals surface area contributed by atoms with Crippen LogP contribution in [0.2, 0.25) is 0 Å². The fourth-order valence-electron chi connectivity index (χ4n) is 3.44. The van der Waals surface area contributed by atoms with E-state index in [0.717, 1.165) is 30.6 Å². The molecule has 30 heavy (non-hydrogen) atoms. The number of carbonyl (C=O) groups excluding carboxylic acids is 1. The summed E-state index contributed by atoms with van der Waals surface area (Å²) in [6, 6.07) is 6.16. The van der Waals surface area contributed by atoms with Crippen LogP contribution < -0.4 is 16.0 Å². The lowest BCUT2D eigenvalue weighted by Crippen LogP contribution is -2.33. The molecule has 2 atom stereocenters. The number of nitrogens with one attached hydrogen (secondary N) is 4. The predicted molar refractivity (Wildman–Crippen MR) is 111 cm³/mol. The second-order valence-electron chi connectivity index (χ2n) is 7.56. The van der Waals surface area contributed by atoms with Gasteiger partial charge < -0.3 is 25.1 Å². The van der Waals surface area contributed by atoms with E-state index >= 15 is 0 Å². The Bertz CT molecular complexity index is 953. The lowest BCUT2D eigenvalue weighted by molar-refractivity contribution is 0.0981. The van der Waals surface area contributed by atoms with Crippen molar-refractivity contribution < 1.29 is 13.9 Å². The van der Waals surface area contributed by atoms with Crippen LogP contribution in [0.3, 0.4) is 0 Å². The normalized spacial score (nSPS) is 18.4. The van der Waals surface area contributed by atoms with Gasteiger partial charge in [-0.15, -0.1) is 0 Å². The summed E-state index contributed by atoms with van der Waals surface area (Å²) in [7, 11) is 0. The van der Waals surface area contributed by atoms with Crippen LogP contribution in [0.15, 0.2) is 41.3 Å². The van der Waals surface area contributed by atoms with E-state index in [-0.39, 0.29) is 24.2 Å². The summed E-state index contributed by atoms with van der Waals surface area (Å²) in [5.74, 6) is 1.64. The van der Waals surface area contributed by atoms with Gasteiger partial charge in [0.2, 0.25) is 0 Å². The van der Waals surface area contributed by atoms with Crippen LogP contribution in [0, 0.1) is 0 Å². The van der Waals surface area contributed by atoms with Crippen molar-refractivity contribution in [2.24, 2.45) is 0 Å². The zero-order valence-electron chi connectivity index (χ0n) is 16.9. The van der Waals surface area contributed by atoms with Crippen molar-refractivity contribution in [1.29, 1.82) is 0 Å². The SMILES string of the molecule is CC(C)NC(=O)OC1CCC(c2cc(Nc3ccc(Nc4ncco4)cn3)n[nH]2)C1. The molecule has 0 aromatic carbocycles. The van der Waals surface area contributed by atoms with E-state index in [1.165, 1.54) is 6.26 Å². The molecule has 1 aliphatic carbocycles. The van der Waals surface area contributed by atoms with Gasteiger partial charge in [-0.2, -0.15) is 5.10 Å². The first kappa shape index (κ1) is 19.7. The van der Waals surface area contributed by atoms with E-state index < -0.39 is 0 Å². The number of hydrogen-bond acceptors (Lipinski definition) is 8. The average molecular weight is 411 g/mol. The van der Waals surface area contributed by atoms with Gasteiger partial charge in [0.25, 0.3) is 6.01 Å². The van der Waals surface area contributed by atoms with Crippen molar-refractivity contribution in [3.05, 3.63) is 42.5 Å². The molecular formula is C20H25N7O3. The minimum atomic E-state index is -0.352. The summed E-state index contributed by atoms with van der Waals surface area (Å²) in [6.45, 7) is 3.82. The molecule has 4 rings (SSSR count). The van der Waals surface area contributed by atoms with Crippen molar-refractivity contribution in [3.63, 3.8) is 0 Å². The molecule has 10 heteroatoms. The maximum Gasteiger partial charge on any atom is 0.407 e. The summed E-state index contributed by atoms with van der Waals surface area (Å²) in [6.07, 6.45) is 6.90. The maximum absolute atomic E-state index is 11.8. The number of pyridine rings is 1. The number of nitrogens with zero attached hydrogens (tertiary/aromatic N) is 3. The average Bonchev–Trinajstić information content (AvgIpc) is 3.45. The van der Waals surface area contributed by atoms with Crippen LogP contribution in [0.4, 0.5) is 28.1 Å². The molecule has 4 N–H and O–H groups in total. The third kappa shape index (κ3) is 5.07. The Morgan fingerprint density at radius 1 is 1.23 bits per heavy atom. The predicted octanol–water partition coefficient (Wildman–Crippen LogP) is 4.05. The van der Waals surface area contributed by atoms with Crippen molar-refractivity contribution in [2.45, 2.75) is 51.2 Å². The van der Waals surface area contributed by atoms with E-state index in [4.69, 9.17) is 9.15 Å². The molecule has 0 spiro atoms. The minimum absolute atomic E-state index is 0.0659. The number of carbonyl (C=O) groups is 1. The molecule has 0 bridgehead atoms. The topological polar surface area (TPSA) is 130 Å². The Morgan fingerprint density at radius 3 is 2.87 bits per heavy atom. The zero-order valence-corrected chi connectivity index (χ0v) is 16.9. The highest BCUT2D eigenvalue weighted by Crippen LogP contribution is 2.36. The fourth-order valence-corrected chi connectivity index (χ4v) is 3.44. The number of H-pyrrole nitrogens is 1. The smallest absolute Gasteiger partial charge is 0.407 e. The number of aromatic amines is 1. The van der Waals surface area contributed by atoms with Crippen LogP contribution in [0.5, 0.6) is 0 Å². The number of hydrogen-bond donors (Lipinski definition) is 4. The van der Waals surface area contributed by atoms with Crippen LogP contribution in [0.25, 0.3) is 0 Å². The molecule has 3 aromatic heterocycles. The number of alkyl carbamates (subject to hydrolysis) is 1. The molecule has 0 saturated heterocycles. The first-order valence-corrected chi connectivity index (χ1v) is 9.97. The molecule has 3 heterocycles. The second-order valence-corrected chi connectivity index (χ2v) is 7.56. The van der Waals surface area contributed by atoms with Gasteiger partial charge in [-0.25, -0.2) is 14.8 Å². The first-order chi connectivity index (χ1) is 14.5. The lowest BCUT2D eigenvalue weighted by Gasteiger charge is -2.14. The molecule has 0 radical (unpaired) electrons. The van der Waals surface area contributed by atoms with Gasteiger partial charge in [0, 0.05) is 23.7 Å². The minimum Gasteiger partial charge on any atom is -0.446 e. The number of aromatic nitrogens is 4. The maximum atomic E-state index is 11.8. The van der Waals surface area contributed by atoms with Gasteiger partial charge in [-0.05, 0) is 45.2 Å². The molecular weight excluding hydrogens is 386 g/mol. The second kappa shape index (κ2) is 8.85. The highest BCUT2D eigenvalue weighted by molar-refractivity contribution is 5.67. The van der Waals surface area contributed by atoms with E-state index in [1.54, 1.807) is 12.4 Å². The molecule has 1 amide bonds. The third-order valence-electron chi connectivity index (χ3n) is 4.81. The molecule has 158 valence electrons. The molecule has 1 fully saturated rings. The number of rotatable bonds is 7. The van der Waals surface area contributed by atoms with Crippen LogP contribution in [-0.2, 0) is 4.74 Å². The summed E-state index contributed by atoms with van der Waals surface area (Å²) in [5, 5.41) is 16.4. The number of amides is 1. The number of oxazole rings is 1. The van der Waals surface area contributed by atoms with Gasteiger partial charge in [-0.3, -0.25) is 5.10 Å². The highest BCUT2D eigenvalue weighted by atomic mass is 16.6. The Morgan fingerprint density at radius 2 is 2.13 bits per heavy atom. The van der Waals surface area contributed by atoms with Crippen molar-refractivity contribution in [1.82, 2.24) is 25.5 Å². The Hall–Kier alpha value is -3.56. The lowest BCUT2D eigenvalue weighted by atomic mass is 10.0. The van der Waals surface area contributed by atoms with E-state index in [9.17, 15) is 4.79 Å². The van der Waals surface area contributed by atoms with Gasteiger partial charge >= 0.3 is 6.09 Å². The van der Waals surface area contributed by atoms with E-state index in [2.05, 4.69) is 36.1 Å².